The molecule has 2 aromatic rings. The van der Waals surface area contributed by atoms with E-state index in [2.05, 4.69) is 29.5 Å². The SMILES string of the molecule is CC(C)c1cnc(-c2ccc(NC(=O)N[C@@H](C)[C@@H](C)CO)cc2)o1. The molecule has 0 unspecified atom stereocenters. The van der Waals surface area contributed by atoms with Gasteiger partial charge in [-0.3, -0.25) is 0 Å². The topological polar surface area (TPSA) is 87.4 Å². The molecule has 1 aromatic heterocycles. The third-order valence-electron chi connectivity index (χ3n) is 3.98. The highest BCUT2D eigenvalue weighted by Crippen LogP contribution is 2.24. The van der Waals surface area contributed by atoms with Gasteiger partial charge in [0.25, 0.3) is 0 Å². The van der Waals surface area contributed by atoms with Gasteiger partial charge in [0, 0.05) is 29.8 Å². The maximum absolute atomic E-state index is 11.9. The highest BCUT2D eigenvalue weighted by atomic mass is 16.4. The van der Waals surface area contributed by atoms with Crippen molar-refractivity contribution in [2.24, 2.45) is 5.92 Å². The van der Waals surface area contributed by atoms with Crippen LogP contribution in [0.25, 0.3) is 11.5 Å². The molecule has 6 heteroatoms. The Balaban J connectivity index is 1.97. The number of hydrogen-bond donors (Lipinski definition) is 3. The highest BCUT2D eigenvalue weighted by molar-refractivity contribution is 5.89. The van der Waals surface area contributed by atoms with Crippen LogP contribution in [0.3, 0.4) is 0 Å². The molecule has 0 bridgehead atoms. The average Bonchev–Trinajstić information content (AvgIpc) is 3.04. The van der Waals surface area contributed by atoms with Crippen LogP contribution in [-0.2, 0) is 0 Å². The summed E-state index contributed by atoms with van der Waals surface area (Å²) in [6.07, 6.45) is 1.74. The number of amides is 2. The molecule has 1 heterocycles. The predicted octanol–water partition coefficient (Wildman–Crippen LogP) is 3.60. The summed E-state index contributed by atoms with van der Waals surface area (Å²) >= 11 is 0. The summed E-state index contributed by atoms with van der Waals surface area (Å²) in [7, 11) is 0. The summed E-state index contributed by atoms with van der Waals surface area (Å²) in [5, 5.41) is 14.7. The van der Waals surface area contributed by atoms with Crippen molar-refractivity contribution >= 4 is 11.7 Å². The first kappa shape index (κ1) is 18.0. The quantitative estimate of drug-likeness (QED) is 0.754. The minimum Gasteiger partial charge on any atom is -0.441 e. The van der Waals surface area contributed by atoms with E-state index in [9.17, 15) is 4.79 Å². The summed E-state index contributed by atoms with van der Waals surface area (Å²) in [4.78, 5) is 16.2. The Bertz CT molecular complexity index is 664. The van der Waals surface area contributed by atoms with Crippen molar-refractivity contribution in [1.29, 1.82) is 0 Å². The fraction of sp³-hybridized carbons (Fsp3) is 0.444. The van der Waals surface area contributed by atoms with Crippen LogP contribution in [0.1, 0.15) is 39.4 Å². The van der Waals surface area contributed by atoms with E-state index in [-0.39, 0.29) is 24.6 Å². The Labute approximate surface area is 142 Å². The monoisotopic (exact) mass is 331 g/mol. The van der Waals surface area contributed by atoms with Gasteiger partial charge in [0.1, 0.15) is 5.76 Å². The number of anilines is 1. The molecule has 3 N–H and O–H groups in total. The summed E-state index contributed by atoms with van der Waals surface area (Å²) in [5.41, 5.74) is 1.53. The van der Waals surface area contributed by atoms with Crippen LogP contribution in [-0.4, -0.2) is 28.8 Å². The number of carbonyl (C=O) groups excluding carboxylic acids is 1. The molecule has 130 valence electrons. The maximum atomic E-state index is 11.9. The third kappa shape index (κ3) is 4.58. The second-order valence-electron chi connectivity index (χ2n) is 6.35. The molecular weight excluding hydrogens is 306 g/mol. The molecule has 24 heavy (non-hydrogen) atoms. The average molecular weight is 331 g/mol. The summed E-state index contributed by atoms with van der Waals surface area (Å²) in [5.74, 6) is 1.70. The van der Waals surface area contributed by atoms with Crippen molar-refractivity contribution < 1.29 is 14.3 Å². The van der Waals surface area contributed by atoms with E-state index in [1.165, 1.54) is 0 Å². The lowest BCUT2D eigenvalue weighted by molar-refractivity contribution is 0.204. The number of hydrogen-bond acceptors (Lipinski definition) is 4. The molecule has 0 radical (unpaired) electrons. The number of benzene rings is 1. The summed E-state index contributed by atoms with van der Waals surface area (Å²) < 4.78 is 5.71. The van der Waals surface area contributed by atoms with E-state index >= 15 is 0 Å². The van der Waals surface area contributed by atoms with E-state index in [1.807, 2.05) is 26.0 Å². The lowest BCUT2D eigenvalue weighted by atomic mass is 10.1. The molecular formula is C18H25N3O3. The first-order chi connectivity index (χ1) is 11.4. The summed E-state index contributed by atoms with van der Waals surface area (Å²) in [6.45, 7) is 7.87. The van der Waals surface area contributed by atoms with Gasteiger partial charge in [-0.1, -0.05) is 20.8 Å². The van der Waals surface area contributed by atoms with Crippen LogP contribution in [0.15, 0.2) is 34.9 Å². The van der Waals surface area contributed by atoms with Gasteiger partial charge in [-0.15, -0.1) is 0 Å². The second-order valence-corrected chi connectivity index (χ2v) is 6.35. The van der Waals surface area contributed by atoms with Crippen molar-refractivity contribution in [3.05, 3.63) is 36.2 Å². The zero-order valence-corrected chi connectivity index (χ0v) is 14.5. The number of carbonyl (C=O) groups is 1. The van der Waals surface area contributed by atoms with E-state index in [0.717, 1.165) is 11.3 Å². The number of aliphatic hydroxyl groups is 1. The van der Waals surface area contributed by atoms with Crippen molar-refractivity contribution in [1.82, 2.24) is 10.3 Å². The zero-order chi connectivity index (χ0) is 17.7. The number of nitrogens with zero attached hydrogens (tertiary/aromatic N) is 1. The lowest BCUT2D eigenvalue weighted by Gasteiger charge is -2.19. The van der Waals surface area contributed by atoms with Crippen molar-refractivity contribution in [2.75, 3.05) is 11.9 Å². The minimum atomic E-state index is -0.297. The normalized spacial score (nSPS) is 13.6. The number of nitrogens with one attached hydrogen (secondary N) is 2. The van der Waals surface area contributed by atoms with Gasteiger partial charge < -0.3 is 20.2 Å². The Morgan fingerprint density at radius 1 is 1.21 bits per heavy atom. The first-order valence-corrected chi connectivity index (χ1v) is 8.15. The van der Waals surface area contributed by atoms with Crippen LogP contribution in [0.5, 0.6) is 0 Å². The molecule has 0 aliphatic heterocycles. The molecule has 2 rings (SSSR count). The number of rotatable bonds is 6. The molecule has 2 atom stereocenters. The van der Waals surface area contributed by atoms with E-state index < -0.39 is 0 Å². The molecule has 0 saturated carbocycles. The third-order valence-corrected chi connectivity index (χ3v) is 3.98. The Hall–Kier alpha value is -2.34. The van der Waals surface area contributed by atoms with Crippen molar-refractivity contribution in [3.8, 4) is 11.5 Å². The molecule has 2 amide bonds. The summed E-state index contributed by atoms with van der Waals surface area (Å²) in [6, 6.07) is 6.89. The lowest BCUT2D eigenvalue weighted by Crippen LogP contribution is -2.40. The maximum Gasteiger partial charge on any atom is 0.319 e. The smallest absolute Gasteiger partial charge is 0.319 e. The van der Waals surface area contributed by atoms with E-state index in [1.54, 1.807) is 18.3 Å². The van der Waals surface area contributed by atoms with Gasteiger partial charge in [-0.25, -0.2) is 9.78 Å². The number of oxazole rings is 1. The molecule has 0 saturated heterocycles. The van der Waals surface area contributed by atoms with Gasteiger partial charge in [0.05, 0.1) is 6.20 Å². The molecule has 6 nitrogen and oxygen atoms in total. The fourth-order valence-corrected chi connectivity index (χ4v) is 2.06. The Kier molecular flexibility index (Phi) is 5.98. The van der Waals surface area contributed by atoms with E-state index in [0.29, 0.717) is 17.5 Å². The van der Waals surface area contributed by atoms with Gasteiger partial charge in [0.2, 0.25) is 5.89 Å². The van der Waals surface area contributed by atoms with Crippen LogP contribution in [0, 0.1) is 5.92 Å². The number of aliphatic hydroxyl groups excluding tert-OH is 1. The Morgan fingerprint density at radius 3 is 2.42 bits per heavy atom. The zero-order valence-electron chi connectivity index (χ0n) is 14.5. The molecule has 0 aliphatic carbocycles. The van der Waals surface area contributed by atoms with Gasteiger partial charge in [-0.05, 0) is 37.1 Å². The van der Waals surface area contributed by atoms with Crippen molar-refractivity contribution in [2.45, 2.75) is 39.7 Å². The van der Waals surface area contributed by atoms with Crippen LogP contribution < -0.4 is 10.6 Å². The minimum absolute atomic E-state index is 0.00157. The standard InChI is InChI=1S/C18H25N3O3/c1-11(2)16-9-19-17(24-16)14-5-7-15(8-6-14)21-18(23)20-13(4)12(3)10-22/h5-9,11-13,22H,10H2,1-4H3,(H2,20,21,23)/t12-,13-/m0/s1. The number of urea groups is 1. The molecule has 1 aromatic carbocycles. The molecule has 0 spiro atoms. The second kappa shape index (κ2) is 7.97. The number of aromatic nitrogens is 1. The fourth-order valence-electron chi connectivity index (χ4n) is 2.06. The molecule has 0 fully saturated rings. The van der Waals surface area contributed by atoms with Gasteiger partial charge >= 0.3 is 6.03 Å². The predicted molar refractivity (Wildman–Crippen MR) is 93.9 cm³/mol. The van der Waals surface area contributed by atoms with Gasteiger partial charge in [-0.2, -0.15) is 0 Å². The van der Waals surface area contributed by atoms with Crippen LogP contribution in [0.4, 0.5) is 10.5 Å². The van der Waals surface area contributed by atoms with E-state index in [4.69, 9.17) is 9.52 Å². The van der Waals surface area contributed by atoms with Crippen LogP contribution in [0.2, 0.25) is 0 Å². The molecule has 0 aliphatic rings. The highest BCUT2D eigenvalue weighted by Gasteiger charge is 2.14. The largest absolute Gasteiger partial charge is 0.441 e. The Morgan fingerprint density at radius 2 is 1.88 bits per heavy atom. The van der Waals surface area contributed by atoms with Gasteiger partial charge in [0.15, 0.2) is 0 Å². The van der Waals surface area contributed by atoms with Crippen LogP contribution >= 0.6 is 0 Å². The van der Waals surface area contributed by atoms with Crippen molar-refractivity contribution in [3.63, 3.8) is 0 Å². The first-order valence-electron chi connectivity index (χ1n) is 8.15.